The van der Waals surface area contributed by atoms with Crippen LogP contribution in [0.25, 0.3) is 0 Å². The third-order valence-corrected chi connectivity index (χ3v) is 4.66. The zero-order valence-corrected chi connectivity index (χ0v) is 19.1. The van der Waals surface area contributed by atoms with Crippen molar-refractivity contribution in [2.24, 2.45) is 5.10 Å². The number of hydrogen-bond donors (Lipinski definition) is 4. The van der Waals surface area contributed by atoms with Crippen LogP contribution >= 0.6 is 0 Å². The van der Waals surface area contributed by atoms with Gasteiger partial charge in [0.05, 0.1) is 17.7 Å². The van der Waals surface area contributed by atoms with E-state index in [1.807, 2.05) is 37.3 Å². The van der Waals surface area contributed by atoms with E-state index in [9.17, 15) is 15.2 Å². The molecule has 1 aromatic heterocycles. The molecule has 182 valence electrons. The van der Waals surface area contributed by atoms with E-state index in [4.69, 9.17) is 4.74 Å². The maximum Gasteiger partial charge on any atom is 0.269 e. The lowest BCUT2D eigenvalue weighted by Gasteiger charge is -2.10. The molecule has 0 radical (unpaired) electrons. The second-order valence-corrected chi connectivity index (χ2v) is 7.26. The predicted octanol–water partition coefficient (Wildman–Crippen LogP) is 4.82. The maximum atomic E-state index is 10.9. The van der Waals surface area contributed by atoms with Gasteiger partial charge >= 0.3 is 0 Å². The summed E-state index contributed by atoms with van der Waals surface area (Å²) < 4.78 is 5.32. The van der Waals surface area contributed by atoms with Crippen LogP contribution in [0.4, 0.5) is 34.9 Å². The number of hydrogen-bond acceptors (Lipinski definition) is 11. The van der Waals surface area contributed by atoms with E-state index in [0.29, 0.717) is 23.6 Å². The van der Waals surface area contributed by atoms with Gasteiger partial charge < -0.3 is 20.5 Å². The first-order chi connectivity index (χ1) is 17.5. The quantitative estimate of drug-likeness (QED) is 0.139. The number of anilines is 5. The number of hydrazone groups is 1. The molecule has 0 saturated heterocycles. The average Bonchev–Trinajstić information content (AvgIpc) is 2.87. The summed E-state index contributed by atoms with van der Waals surface area (Å²) in [5.74, 6) is 0.966. The molecule has 0 bridgehead atoms. The van der Waals surface area contributed by atoms with Crippen molar-refractivity contribution in [3.05, 3.63) is 88.5 Å². The summed E-state index contributed by atoms with van der Waals surface area (Å²) in [5, 5.41) is 31.2. The Hall–Kier alpha value is -5.26. The Kier molecular flexibility index (Phi) is 7.46. The third kappa shape index (κ3) is 6.41. The van der Waals surface area contributed by atoms with E-state index >= 15 is 0 Å². The number of nitrogens with one attached hydrogen (secondary N) is 3. The summed E-state index contributed by atoms with van der Waals surface area (Å²) in [6, 6.07) is 20.1. The molecule has 36 heavy (non-hydrogen) atoms. The highest BCUT2D eigenvalue weighted by Gasteiger charge is 2.09. The number of ether oxygens (including phenoxy) is 1. The monoisotopic (exact) mass is 486 g/mol. The van der Waals surface area contributed by atoms with E-state index in [0.717, 1.165) is 5.69 Å². The predicted molar refractivity (Wildman–Crippen MR) is 136 cm³/mol. The Bertz CT molecular complexity index is 1360. The van der Waals surface area contributed by atoms with E-state index in [2.05, 4.69) is 36.1 Å². The summed E-state index contributed by atoms with van der Waals surface area (Å²) in [6.07, 6.45) is 1.49. The van der Waals surface area contributed by atoms with Gasteiger partial charge in [0.1, 0.15) is 0 Å². The fourth-order valence-corrected chi connectivity index (χ4v) is 3.04. The minimum atomic E-state index is -0.473. The fourth-order valence-electron chi connectivity index (χ4n) is 3.04. The van der Waals surface area contributed by atoms with Gasteiger partial charge in [-0.15, -0.1) is 0 Å². The van der Waals surface area contributed by atoms with E-state index < -0.39 is 4.92 Å². The summed E-state index contributed by atoms with van der Waals surface area (Å²) in [4.78, 5) is 23.5. The lowest BCUT2D eigenvalue weighted by Crippen LogP contribution is -2.07. The number of rotatable bonds is 10. The lowest BCUT2D eigenvalue weighted by atomic mass is 10.2. The van der Waals surface area contributed by atoms with Crippen molar-refractivity contribution in [1.82, 2.24) is 15.0 Å². The van der Waals surface area contributed by atoms with E-state index in [1.165, 1.54) is 24.4 Å². The molecule has 4 N–H and O–H groups in total. The van der Waals surface area contributed by atoms with Crippen LogP contribution in [0.15, 0.2) is 77.9 Å². The number of phenols is 1. The second-order valence-electron chi connectivity index (χ2n) is 7.26. The first-order valence-electron chi connectivity index (χ1n) is 10.8. The topological polar surface area (TPSA) is 160 Å². The molecule has 0 aliphatic rings. The van der Waals surface area contributed by atoms with Crippen LogP contribution in [-0.2, 0) is 0 Å². The second kappa shape index (κ2) is 11.2. The number of nitrogens with zero attached hydrogens (tertiary/aromatic N) is 5. The van der Waals surface area contributed by atoms with Crippen LogP contribution in [0.5, 0.6) is 11.5 Å². The molecule has 3 aromatic carbocycles. The summed E-state index contributed by atoms with van der Waals surface area (Å²) in [7, 11) is 0. The van der Waals surface area contributed by atoms with Crippen LogP contribution in [0.2, 0.25) is 0 Å². The Balaban J connectivity index is 1.55. The van der Waals surface area contributed by atoms with Crippen molar-refractivity contribution in [1.29, 1.82) is 0 Å². The average molecular weight is 486 g/mol. The molecule has 12 nitrogen and oxygen atoms in total. The molecule has 0 unspecified atom stereocenters. The van der Waals surface area contributed by atoms with Gasteiger partial charge in [-0.2, -0.15) is 20.1 Å². The molecule has 0 spiro atoms. The smallest absolute Gasteiger partial charge is 0.269 e. The Labute approximate surface area is 205 Å². The normalized spacial score (nSPS) is 10.7. The first kappa shape index (κ1) is 23.9. The number of nitro groups is 1. The van der Waals surface area contributed by atoms with Crippen molar-refractivity contribution >= 4 is 41.1 Å². The summed E-state index contributed by atoms with van der Waals surface area (Å²) in [5.41, 5.74) is 4.68. The highest BCUT2D eigenvalue weighted by molar-refractivity contribution is 5.81. The summed E-state index contributed by atoms with van der Waals surface area (Å²) in [6.45, 7) is 2.27. The number of aromatic hydroxyl groups is 1. The molecule has 0 aliphatic carbocycles. The van der Waals surface area contributed by atoms with Gasteiger partial charge in [0.15, 0.2) is 11.5 Å². The molecule has 0 atom stereocenters. The lowest BCUT2D eigenvalue weighted by molar-refractivity contribution is -0.384. The van der Waals surface area contributed by atoms with Crippen molar-refractivity contribution in [2.75, 3.05) is 22.7 Å². The van der Waals surface area contributed by atoms with Gasteiger partial charge in [0, 0.05) is 23.5 Å². The van der Waals surface area contributed by atoms with Crippen molar-refractivity contribution in [3.8, 4) is 11.5 Å². The van der Waals surface area contributed by atoms with Crippen molar-refractivity contribution < 1.29 is 14.8 Å². The Morgan fingerprint density at radius 3 is 2.19 bits per heavy atom. The van der Waals surface area contributed by atoms with Gasteiger partial charge in [-0.3, -0.25) is 10.1 Å². The van der Waals surface area contributed by atoms with Crippen LogP contribution in [0.3, 0.4) is 0 Å². The van der Waals surface area contributed by atoms with Crippen LogP contribution < -0.4 is 20.8 Å². The van der Waals surface area contributed by atoms with Gasteiger partial charge in [0.2, 0.25) is 17.8 Å². The standard InChI is InChI=1S/C24H22N8O4/c1-2-36-21-13-8-16(14-20(21)33)15-25-31-24-29-22(26-17-6-4-3-5-7-17)28-23(30-24)27-18-9-11-19(12-10-18)32(34)35/h3-15,33H,2H2,1H3,(H3,26,27,28,29,30,31). The van der Waals surface area contributed by atoms with Gasteiger partial charge in [-0.25, -0.2) is 5.43 Å². The largest absolute Gasteiger partial charge is 0.504 e. The number of aromatic nitrogens is 3. The SMILES string of the molecule is CCOc1ccc(C=NNc2nc(Nc3ccccc3)nc(Nc3ccc([N+](=O)[O-])cc3)n2)cc1O. The third-order valence-electron chi connectivity index (χ3n) is 4.66. The number of benzene rings is 3. The van der Waals surface area contributed by atoms with E-state index in [-0.39, 0.29) is 29.3 Å². The molecular formula is C24H22N8O4. The molecule has 12 heteroatoms. The zero-order valence-electron chi connectivity index (χ0n) is 19.1. The number of non-ortho nitro benzene ring substituents is 1. The van der Waals surface area contributed by atoms with Crippen molar-refractivity contribution in [2.45, 2.75) is 6.92 Å². The first-order valence-corrected chi connectivity index (χ1v) is 10.8. The Morgan fingerprint density at radius 2 is 1.58 bits per heavy atom. The summed E-state index contributed by atoms with van der Waals surface area (Å²) >= 11 is 0. The van der Waals surface area contributed by atoms with Crippen LogP contribution in [0, 0.1) is 10.1 Å². The zero-order chi connectivity index (χ0) is 25.3. The molecular weight excluding hydrogens is 464 g/mol. The molecule has 0 aliphatic heterocycles. The van der Waals surface area contributed by atoms with Crippen molar-refractivity contribution in [3.63, 3.8) is 0 Å². The molecule has 1 heterocycles. The van der Waals surface area contributed by atoms with Crippen LogP contribution in [-0.4, -0.2) is 37.8 Å². The molecule has 0 fully saturated rings. The highest BCUT2D eigenvalue weighted by Crippen LogP contribution is 2.26. The van der Waals surface area contributed by atoms with Gasteiger partial charge in [-0.05, 0) is 55.0 Å². The molecule has 0 amide bonds. The minimum absolute atomic E-state index is 0.00453. The molecule has 0 saturated carbocycles. The molecule has 4 aromatic rings. The fraction of sp³-hybridized carbons (Fsp3) is 0.0833. The molecule has 4 rings (SSSR count). The number of phenolic OH excluding ortho intramolecular Hbond substituents is 1. The number of nitro benzene ring substituents is 1. The minimum Gasteiger partial charge on any atom is -0.504 e. The van der Waals surface area contributed by atoms with Gasteiger partial charge in [-0.1, -0.05) is 18.2 Å². The number of para-hydroxylation sites is 1. The van der Waals surface area contributed by atoms with Crippen LogP contribution in [0.1, 0.15) is 12.5 Å². The highest BCUT2D eigenvalue weighted by atomic mass is 16.6. The Morgan fingerprint density at radius 1 is 0.944 bits per heavy atom. The van der Waals surface area contributed by atoms with E-state index in [1.54, 1.807) is 24.3 Å². The van der Waals surface area contributed by atoms with Gasteiger partial charge in [0.25, 0.3) is 5.69 Å². The maximum absolute atomic E-state index is 10.9.